The molecule has 2 rings (SSSR count). The molecule has 0 radical (unpaired) electrons. The lowest BCUT2D eigenvalue weighted by molar-refractivity contribution is 0.0565. The van der Waals surface area contributed by atoms with E-state index >= 15 is 0 Å². The Kier molecular flexibility index (Phi) is 6.12. The molecule has 112 valence electrons. The quantitative estimate of drug-likeness (QED) is 0.876. The molecule has 1 aromatic carbocycles. The Hall–Kier alpha value is -0.320. The van der Waals surface area contributed by atoms with Gasteiger partial charge in [-0.3, -0.25) is 4.90 Å². The molecular formula is C15H21Cl2NO2. The van der Waals surface area contributed by atoms with E-state index in [0.717, 1.165) is 25.8 Å². The summed E-state index contributed by atoms with van der Waals surface area (Å²) in [6.45, 7) is 1.71. The maximum Gasteiger partial charge on any atom is 0.0931 e. The molecule has 1 saturated heterocycles. The van der Waals surface area contributed by atoms with E-state index in [9.17, 15) is 5.11 Å². The number of aliphatic hydroxyl groups excluding tert-OH is 2. The summed E-state index contributed by atoms with van der Waals surface area (Å²) >= 11 is 12.0. The van der Waals surface area contributed by atoms with Crippen molar-refractivity contribution in [3.05, 3.63) is 33.8 Å². The van der Waals surface area contributed by atoms with Crippen molar-refractivity contribution in [3.63, 3.8) is 0 Å². The van der Waals surface area contributed by atoms with Crippen LogP contribution in [-0.4, -0.2) is 40.9 Å². The van der Waals surface area contributed by atoms with Gasteiger partial charge in [0.25, 0.3) is 0 Å². The molecule has 0 amide bonds. The third kappa shape index (κ3) is 4.09. The summed E-state index contributed by atoms with van der Waals surface area (Å²) in [5.41, 5.74) is 0.712. The Morgan fingerprint density at radius 1 is 1.30 bits per heavy atom. The molecule has 3 nitrogen and oxygen atoms in total. The predicted molar refractivity (Wildman–Crippen MR) is 82.3 cm³/mol. The van der Waals surface area contributed by atoms with Gasteiger partial charge in [-0.2, -0.15) is 0 Å². The number of β-amino-alcohol motifs (C(OH)–C–C–N with tert-alkyl or cyclic N) is 1. The first-order valence-electron chi connectivity index (χ1n) is 7.09. The fourth-order valence-electron chi connectivity index (χ4n) is 2.87. The molecule has 0 bridgehead atoms. The van der Waals surface area contributed by atoms with Crippen molar-refractivity contribution in [2.45, 2.75) is 37.8 Å². The number of hydrogen-bond donors (Lipinski definition) is 2. The van der Waals surface area contributed by atoms with Gasteiger partial charge in [0.05, 0.1) is 6.10 Å². The van der Waals surface area contributed by atoms with Gasteiger partial charge in [-0.05, 0) is 37.9 Å². The summed E-state index contributed by atoms with van der Waals surface area (Å²) in [5, 5.41) is 20.6. The van der Waals surface area contributed by atoms with Crippen molar-refractivity contribution in [3.8, 4) is 0 Å². The maximum atomic E-state index is 10.4. The third-order valence-electron chi connectivity index (χ3n) is 3.94. The van der Waals surface area contributed by atoms with E-state index in [1.165, 1.54) is 6.42 Å². The Morgan fingerprint density at radius 3 is 2.80 bits per heavy atom. The van der Waals surface area contributed by atoms with Crippen LogP contribution in [0.4, 0.5) is 0 Å². The van der Waals surface area contributed by atoms with Crippen LogP contribution in [0, 0.1) is 0 Å². The molecule has 0 spiro atoms. The molecule has 1 fully saturated rings. The van der Waals surface area contributed by atoms with Crippen LogP contribution in [0.3, 0.4) is 0 Å². The van der Waals surface area contributed by atoms with Crippen molar-refractivity contribution in [2.75, 3.05) is 19.7 Å². The second kappa shape index (κ2) is 7.62. The number of hydrogen-bond acceptors (Lipinski definition) is 3. The molecule has 1 aliphatic rings. The van der Waals surface area contributed by atoms with Gasteiger partial charge < -0.3 is 10.2 Å². The average molecular weight is 318 g/mol. The average Bonchev–Trinajstić information content (AvgIpc) is 2.41. The molecule has 0 aromatic heterocycles. The minimum Gasteiger partial charge on any atom is -0.396 e. The standard InChI is InChI=1S/C15H21Cl2NO2/c16-11-4-5-13(14(17)9-11)15(20)10-18-7-2-1-3-12(18)6-8-19/h4-5,9,12,15,19-20H,1-3,6-8,10H2. The Morgan fingerprint density at radius 2 is 2.10 bits per heavy atom. The van der Waals surface area contributed by atoms with Gasteiger partial charge >= 0.3 is 0 Å². The summed E-state index contributed by atoms with van der Waals surface area (Å²) in [5.74, 6) is 0. The van der Waals surface area contributed by atoms with Crippen LogP contribution >= 0.6 is 23.2 Å². The smallest absolute Gasteiger partial charge is 0.0931 e. The monoisotopic (exact) mass is 317 g/mol. The van der Waals surface area contributed by atoms with Crippen molar-refractivity contribution in [2.24, 2.45) is 0 Å². The molecule has 20 heavy (non-hydrogen) atoms. The second-order valence-electron chi connectivity index (χ2n) is 5.34. The third-order valence-corrected chi connectivity index (χ3v) is 4.50. The summed E-state index contributed by atoms with van der Waals surface area (Å²) in [4.78, 5) is 2.26. The number of rotatable bonds is 5. The number of likely N-dealkylation sites (tertiary alicyclic amines) is 1. The van der Waals surface area contributed by atoms with Crippen LogP contribution < -0.4 is 0 Å². The number of nitrogens with zero attached hydrogens (tertiary/aromatic N) is 1. The number of halogens is 2. The van der Waals surface area contributed by atoms with Crippen LogP contribution in [0.15, 0.2) is 18.2 Å². The predicted octanol–water partition coefficient (Wildman–Crippen LogP) is 3.26. The molecule has 0 saturated carbocycles. The number of aliphatic hydroxyl groups is 2. The van der Waals surface area contributed by atoms with E-state index in [0.29, 0.717) is 28.2 Å². The molecule has 1 aromatic rings. The topological polar surface area (TPSA) is 43.7 Å². The minimum absolute atomic E-state index is 0.193. The molecule has 2 N–H and O–H groups in total. The van der Waals surface area contributed by atoms with Gasteiger partial charge in [0.2, 0.25) is 0 Å². The molecule has 2 atom stereocenters. The zero-order chi connectivity index (χ0) is 14.5. The fourth-order valence-corrected chi connectivity index (χ4v) is 3.40. The molecule has 5 heteroatoms. The van der Waals surface area contributed by atoms with Gasteiger partial charge in [-0.25, -0.2) is 0 Å². The Labute approximate surface area is 130 Å². The Bertz CT molecular complexity index is 440. The zero-order valence-corrected chi connectivity index (χ0v) is 12.9. The van der Waals surface area contributed by atoms with Crippen molar-refractivity contribution >= 4 is 23.2 Å². The first kappa shape index (κ1) is 16.1. The lowest BCUT2D eigenvalue weighted by Gasteiger charge is -2.36. The lowest BCUT2D eigenvalue weighted by Crippen LogP contribution is -2.42. The maximum absolute atomic E-state index is 10.4. The molecule has 1 heterocycles. The van der Waals surface area contributed by atoms with Gasteiger partial charge in [0.1, 0.15) is 0 Å². The second-order valence-corrected chi connectivity index (χ2v) is 6.18. The number of benzene rings is 1. The normalized spacial score (nSPS) is 21.9. The van der Waals surface area contributed by atoms with Gasteiger partial charge in [-0.1, -0.05) is 35.7 Å². The van der Waals surface area contributed by atoms with Gasteiger partial charge in [0.15, 0.2) is 0 Å². The van der Waals surface area contributed by atoms with Crippen LogP contribution in [0.5, 0.6) is 0 Å². The van der Waals surface area contributed by atoms with Gasteiger partial charge in [-0.15, -0.1) is 0 Å². The first-order chi connectivity index (χ1) is 9.61. The lowest BCUT2D eigenvalue weighted by atomic mass is 9.98. The molecule has 1 aliphatic heterocycles. The number of piperidine rings is 1. The molecule has 0 aliphatic carbocycles. The van der Waals surface area contributed by atoms with E-state index in [-0.39, 0.29) is 6.61 Å². The van der Waals surface area contributed by atoms with Crippen LogP contribution in [0.25, 0.3) is 0 Å². The van der Waals surface area contributed by atoms with Crippen molar-refractivity contribution < 1.29 is 10.2 Å². The highest BCUT2D eigenvalue weighted by Crippen LogP contribution is 2.29. The van der Waals surface area contributed by atoms with E-state index in [4.69, 9.17) is 28.3 Å². The van der Waals surface area contributed by atoms with Crippen LogP contribution in [0.2, 0.25) is 10.0 Å². The fraction of sp³-hybridized carbons (Fsp3) is 0.600. The van der Waals surface area contributed by atoms with E-state index < -0.39 is 6.10 Å². The van der Waals surface area contributed by atoms with Crippen molar-refractivity contribution in [1.29, 1.82) is 0 Å². The first-order valence-corrected chi connectivity index (χ1v) is 7.85. The van der Waals surface area contributed by atoms with Crippen LogP contribution in [0.1, 0.15) is 37.4 Å². The van der Waals surface area contributed by atoms with Crippen LogP contribution in [-0.2, 0) is 0 Å². The zero-order valence-electron chi connectivity index (χ0n) is 11.4. The highest BCUT2D eigenvalue weighted by molar-refractivity contribution is 6.35. The Balaban J connectivity index is 2.03. The van der Waals surface area contributed by atoms with E-state index in [2.05, 4.69) is 4.90 Å². The highest BCUT2D eigenvalue weighted by atomic mass is 35.5. The molecule has 2 unspecified atom stereocenters. The van der Waals surface area contributed by atoms with Crippen molar-refractivity contribution in [1.82, 2.24) is 4.90 Å². The summed E-state index contributed by atoms with van der Waals surface area (Å²) in [6, 6.07) is 5.53. The summed E-state index contributed by atoms with van der Waals surface area (Å²) in [6.07, 6.45) is 3.56. The van der Waals surface area contributed by atoms with E-state index in [1.807, 2.05) is 0 Å². The highest BCUT2D eigenvalue weighted by Gasteiger charge is 2.25. The molecular weight excluding hydrogens is 297 g/mol. The van der Waals surface area contributed by atoms with E-state index in [1.54, 1.807) is 18.2 Å². The summed E-state index contributed by atoms with van der Waals surface area (Å²) < 4.78 is 0. The van der Waals surface area contributed by atoms with Gasteiger partial charge in [0, 0.05) is 34.8 Å². The largest absolute Gasteiger partial charge is 0.396 e. The minimum atomic E-state index is -0.626. The SMILES string of the molecule is OCCC1CCCCN1CC(O)c1ccc(Cl)cc1Cl. The summed E-state index contributed by atoms with van der Waals surface area (Å²) in [7, 11) is 0.